The molecule has 1 atom stereocenters. The maximum atomic E-state index is 13.0. The number of ether oxygens (including phenoxy) is 1. The first-order chi connectivity index (χ1) is 16.2. The number of nitrogens with zero attached hydrogens (tertiary/aromatic N) is 5. The summed E-state index contributed by atoms with van der Waals surface area (Å²) in [5, 5.41) is 13.6. The molecular weight excluding hydrogens is 432 g/mol. The second-order valence-electron chi connectivity index (χ2n) is 9.87. The highest BCUT2D eigenvalue weighted by atomic mass is 16.5. The number of fused-ring (bicyclic) bond motifs is 1. The molecule has 1 unspecified atom stereocenters. The van der Waals surface area contributed by atoms with E-state index in [1.165, 1.54) is 0 Å². The number of aromatic amines is 1. The van der Waals surface area contributed by atoms with Gasteiger partial charge in [0.1, 0.15) is 11.5 Å². The van der Waals surface area contributed by atoms with Crippen molar-refractivity contribution < 1.29 is 9.15 Å². The summed E-state index contributed by atoms with van der Waals surface area (Å²) in [6.45, 7) is 11.4. The van der Waals surface area contributed by atoms with Crippen molar-refractivity contribution in [1.82, 2.24) is 30.1 Å². The van der Waals surface area contributed by atoms with Gasteiger partial charge in [-0.05, 0) is 73.5 Å². The Balaban J connectivity index is 1.79. The Bertz CT molecular complexity index is 1300. The van der Waals surface area contributed by atoms with Crippen LogP contribution < -0.4 is 10.3 Å². The van der Waals surface area contributed by atoms with E-state index >= 15 is 0 Å². The van der Waals surface area contributed by atoms with Gasteiger partial charge >= 0.3 is 0 Å². The Morgan fingerprint density at radius 1 is 1.18 bits per heavy atom. The maximum absolute atomic E-state index is 13.0. The van der Waals surface area contributed by atoms with Gasteiger partial charge in [-0.25, -0.2) is 4.68 Å². The van der Waals surface area contributed by atoms with E-state index in [0.717, 1.165) is 28.2 Å². The van der Waals surface area contributed by atoms with Crippen LogP contribution in [0.15, 0.2) is 51.9 Å². The summed E-state index contributed by atoms with van der Waals surface area (Å²) < 4.78 is 12.9. The van der Waals surface area contributed by atoms with Crippen molar-refractivity contribution in [3.63, 3.8) is 0 Å². The quantitative estimate of drug-likeness (QED) is 0.415. The fraction of sp³-hybridized carbons (Fsp3) is 0.440. The van der Waals surface area contributed by atoms with E-state index in [9.17, 15) is 4.79 Å². The molecule has 0 aliphatic heterocycles. The maximum Gasteiger partial charge on any atom is 0.252 e. The Hall–Kier alpha value is -3.46. The lowest BCUT2D eigenvalue weighted by atomic mass is 9.99. The zero-order valence-electron chi connectivity index (χ0n) is 20.6. The zero-order chi connectivity index (χ0) is 24.5. The molecule has 1 aromatic carbocycles. The van der Waals surface area contributed by atoms with Crippen LogP contribution in [-0.4, -0.2) is 37.2 Å². The van der Waals surface area contributed by atoms with Crippen molar-refractivity contribution in [3.05, 3.63) is 70.2 Å². The van der Waals surface area contributed by atoms with Gasteiger partial charge in [-0.2, -0.15) is 0 Å². The second-order valence-corrected chi connectivity index (χ2v) is 9.87. The van der Waals surface area contributed by atoms with Gasteiger partial charge in [-0.3, -0.25) is 9.69 Å². The molecule has 0 bridgehead atoms. The van der Waals surface area contributed by atoms with Crippen molar-refractivity contribution >= 4 is 10.9 Å². The van der Waals surface area contributed by atoms with E-state index in [0.29, 0.717) is 18.7 Å². The molecule has 0 fully saturated rings. The number of hydrogen-bond donors (Lipinski definition) is 1. The number of aromatic nitrogens is 5. The van der Waals surface area contributed by atoms with Crippen LogP contribution >= 0.6 is 0 Å². The summed E-state index contributed by atoms with van der Waals surface area (Å²) in [6, 6.07) is 11.2. The summed E-state index contributed by atoms with van der Waals surface area (Å²) in [5.41, 5.74) is 0.997. The zero-order valence-corrected chi connectivity index (χ0v) is 20.6. The summed E-state index contributed by atoms with van der Waals surface area (Å²) in [7, 11) is 1.63. The topological polar surface area (TPSA) is 102 Å². The lowest BCUT2D eigenvalue weighted by Gasteiger charge is -2.34. The van der Waals surface area contributed by atoms with Gasteiger partial charge in [0.25, 0.3) is 5.56 Å². The van der Waals surface area contributed by atoms with Crippen LogP contribution in [0.25, 0.3) is 10.9 Å². The number of benzene rings is 1. The molecule has 1 N–H and O–H groups in total. The van der Waals surface area contributed by atoms with Crippen LogP contribution in [0, 0.1) is 5.92 Å². The predicted octanol–water partition coefficient (Wildman–Crippen LogP) is 4.27. The normalized spacial score (nSPS) is 13.2. The lowest BCUT2D eigenvalue weighted by Crippen LogP contribution is -2.37. The highest BCUT2D eigenvalue weighted by Crippen LogP contribution is 2.32. The number of rotatable bonds is 8. The molecule has 4 rings (SSSR count). The van der Waals surface area contributed by atoms with Gasteiger partial charge in [0.2, 0.25) is 0 Å². The molecule has 0 aliphatic carbocycles. The van der Waals surface area contributed by atoms with Crippen LogP contribution in [0.4, 0.5) is 0 Å². The number of hydrogen-bond acceptors (Lipinski definition) is 7. The lowest BCUT2D eigenvalue weighted by molar-refractivity contribution is 0.111. The second kappa shape index (κ2) is 9.42. The van der Waals surface area contributed by atoms with Crippen LogP contribution in [-0.2, 0) is 18.6 Å². The molecular formula is C25H32N6O3. The summed E-state index contributed by atoms with van der Waals surface area (Å²) in [5.74, 6) is 2.47. The van der Waals surface area contributed by atoms with Crippen LogP contribution in [0.1, 0.15) is 57.8 Å². The van der Waals surface area contributed by atoms with Crippen LogP contribution in [0.5, 0.6) is 5.75 Å². The molecule has 34 heavy (non-hydrogen) atoms. The third-order valence-corrected chi connectivity index (χ3v) is 5.86. The number of tetrazole rings is 1. The number of furan rings is 1. The molecule has 0 aliphatic rings. The van der Waals surface area contributed by atoms with Crippen molar-refractivity contribution in [3.8, 4) is 5.75 Å². The Labute approximate surface area is 198 Å². The first-order valence-corrected chi connectivity index (χ1v) is 11.4. The molecule has 0 radical (unpaired) electrons. The molecule has 180 valence electrons. The van der Waals surface area contributed by atoms with Gasteiger partial charge in [-0.1, -0.05) is 13.8 Å². The average Bonchev–Trinajstić information content (AvgIpc) is 3.46. The van der Waals surface area contributed by atoms with Crippen LogP contribution in [0.2, 0.25) is 0 Å². The van der Waals surface area contributed by atoms with Crippen LogP contribution in [0.3, 0.4) is 0 Å². The van der Waals surface area contributed by atoms with Gasteiger partial charge in [0.05, 0.1) is 31.5 Å². The molecule has 4 aromatic rings. The number of methoxy groups -OCH3 is 1. The van der Waals surface area contributed by atoms with Crippen molar-refractivity contribution in [1.29, 1.82) is 0 Å². The molecule has 0 saturated carbocycles. The van der Waals surface area contributed by atoms with Gasteiger partial charge in [0.15, 0.2) is 5.82 Å². The molecule has 0 amide bonds. The molecule has 3 heterocycles. The standard InChI is InChI=1S/C25H32N6O3/c1-16(2)22(23-27-28-29-31(23)25(3,4)5)30(15-20-8-7-11-34-20)14-18-12-17-13-19(33-6)9-10-21(17)26-24(18)32/h7-13,16,22H,14-15H2,1-6H3,(H,26,32). The SMILES string of the molecule is COc1ccc2[nH]c(=O)c(CN(Cc3ccco3)C(c3nnnn3C(C)(C)C)C(C)C)cc2c1. The van der Waals surface area contributed by atoms with Crippen molar-refractivity contribution in [2.24, 2.45) is 5.92 Å². The Morgan fingerprint density at radius 2 is 1.97 bits per heavy atom. The van der Waals surface area contributed by atoms with E-state index in [-0.39, 0.29) is 23.1 Å². The largest absolute Gasteiger partial charge is 0.497 e. The first kappa shape index (κ1) is 23.7. The van der Waals surface area contributed by atoms with Crippen molar-refractivity contribution in [2.45, 2.75) is 59.3 Å². The molecule has 0 saturated heterocycles. The minimum absolute atomic E-state index is 0.125. The van der Waals surface area contributed by atoms with Gasteiger partial charge in [0, 0.05) is 23.0 Å². The van der Waals surface area contributed by atoms with Gasteiger partial charge in [-0.15, -0.1) is 5.10 Å². The summed E-state index contributed by atoms with van der Waals surface area (Å²) >= 11 is 0. The number of nitrogens with one attached hydrogen (secondary N) is 1. The minimum Gasteiger partial charge on any atom is -0.497 e. The Kier molecular flexibility index (Phi) is 6.56. The Morgan fingerprint density at radius 3 is 2.62 bits per heavy atom. The van der Waals surface area contributed by atoms with E-state index in [1.54, 1.807) is 13.4 Å². The van der Waals surface area contributed by atoms with E-state index in [2.05, 4.69) is 60.0 Å². The van der Waals surface area contributed by atoms with Crippen molar-refractivity contribution in [2.75, 3.05) is 7.11 Å². The smallest absolute Gasteiger partial charge is 0.252 e. The van der Waals surface area contributed by atoms with E-state index in [1.807, 2.05) is 41.1 Å². The summed E-state index contributed by atoms with van der Waals surface area (Å²) in [6.07, 6.45) is 1.66. The van der Waals surface area contributed by atoms with E-state index in [4.69, 9.17) is 9.15 Å². The predicted molar refractivity (Wildman–Crippen MR) is 129 cm³/mol. The fourth-order valence-corrected chi connectivity index (χ4v) is 4.29. The third kappa shape index (κ3) is 4.89. The highest BCUT2D eigenvalue weighted by molar-refractivity contribution is 5.80. The minimum atomic E-state index is -0.292. The summed E-state index contributed by atoms with van der Waals surface area (Å²) in [4.78, 5) is 18.3. The highest BCUT2D eigenvalue weighted by Gasteiger charge is 2.33. The van der Waals surface area contributed by atoms with E-state index < -0.39 is 0 Å². The molecule has 9 nitrogen and oxygen atoms in total. The van der Waals surface area contributed by atoms with Gasteiger partial charge < -0.3 is 14.1 Å². The number of pyridine rings is 1. The monoisotopic (exact) mass is 464 g/mol. The molecule has 9 heteroatoms. The first-order valence-electron chi connectivity index (χ1n) is 11.4. The number of H-pyrrole nitrogens is 1. The molecule has 0 spiro atoms. The molecule has 3 aromatic heterocycles. The third-order valence-electron chi connectivity index (χ3n) is 5.86. The fourth-order valence-electron chi connectivity index (χ4n) is 4.29. The average molecular weight is 465 g/mol.